The molecule has 0 radical (unpaired) electrons. The van der Waals surface area contributed by atoms with Crippen LogP contribution in [0.5, 0.6) is 5.75 Å². The van der Waals surface area contributed by atoms with Crippen LogP contribution >= 0.6 is 11.6 Å². The minimum atomic E-state index is 0.619. The van der Waals surface area contributed by atoms with Crippen molar-refractivity contribution in [2.45, 2.75) is 20.8 Å². The maximum Gasteiger partial charge on any atom is 0.119 e. The second kappa shape index (κ2) is 6.67. The second-order valence-electron chi connectivity index (χ2n) is 4.99. The first-order chi connectivity index (χ1) is 9.56. The van der Waals surface area contributed by atoms with Gasteiger partial charge in [0.15, 0.2) is 0 Å². The molecule has 2 aromatic carbocycles. The molecule has 0 saturated carbocycles. The Bertz CT molecular complexity index is 542. The molecule has 106 valence electrons. The van der Waals surface area contributed by atoms with Crippen LogP contribution in [0.2, 0.25) is 5.02 Å². The number of halogens is 1. The summed E-state index contributed by atoms with van der Waals surface area (Å²) in [4.78, 5) is 0. The molecule has 0 atom stereocenters. The molecule has 2 aromatic rings. The van der Waals surface area contributed by atoms with Gasteiger partial charge in [-0.3, -0.25) is 0 Å². The van der Waals surface area contributed by atoms with Crippen molar-refractivity contribution in [3.63, 3.8) is 0 Å². The van der Waals surface area contributed by atoms with Crippen LogP contribution in [-0.2, 0) is 0 Å². The smallest absolute Gasteiger partial charge is 0.119 e. The van der Waals surface area contributed by atoms with Crippen molar-refractivity contribution in [2.75, 3.05) is 18.5 Å². The van der Waals surface area contributed by atoms with Crippen LogP contribution in [0.3, 0.4) is 0 Å². The van der Waals surface area contributed by atoms with Crippen molar-refractivity contribution in [1.82, 2.24) is 0 Å². The third-order valence-corrected chi connectivity index (χ3v) is 3.76. The van der Waals surface area contributed by atoms with Crippen LogP contribution in [0.15, 0.2) is 36.4 Å². The molecule has 0 fully saturated rings. The van der Waals surface area contributed by atoms with Gasteiger partial charge in [0.1, 0.15) is 12.4 Å². The largest absolute Gasteiger partial charge is 0.492 e. The van der Waals surface area contributed by atoms with Crippen LogP contribution in [0, 0.1) is 20.8 Å². The van der Waals surface area contributed by atoms with Gasteiger partial charge >= 0.3 is 0 Å². The molecule has 0 aliphatic carbocycles. The van der Waals surface area contributed by atoms with E-state index in [0.717, 1.165) is 28.6 Å². The zero-order valence-corrected chi connectivity index (χ0v) is 12.9. The maximum atomic E-state index is 6.08. The van der Waals surface area contributed by atoms with Gasteiger partial charge in [-0.2, -0.15) is 0 Å². The fourth-order valence-corrected chi connectivity index (χ4v) is 2.05. The molecule has 0 heterocycles. The molecule has 20 heavy (non-hydrogen) atoms. The van der Waals surface area contributed by atoms with Gasteiger partial charge in [-0.15, -0.1) is 0 Å². The number of benzene rings is 2. The second-order valence-corrected chi connectivity index (χ2v) is 5.39. The molecule has 2 rings (SSSR count). The Labute approximate surface area is 125 Å². The number of hydrogen-bond acceptors (Lipinski definition) is 2. The normalized spacial score (nSPS) is 10.4. The van der Waals surface area contributed by atoms with E-state index >= 15 is 0 Å². The highest BCUT2D eigenvalue weighted by molar-refractivity contribution is 6.31. The summed E-state index contributed by atoms with van der Waals surface area (Å²) in [7, 11) is 0. The first-order valence-electron chi connectivity index (χ1n) is 6.76. The molecule has 0 saturated heterocycles. The molecule has 2 nitrogen and oxygen atoms in total. The lowest BCUT2D eigenvalue weighted by Gasteiger charge is -2.10. The van der Waals surface area contributed by atoms with Gasteiger partial charge in [-0.1, -0.05) is 23.7 Å². The molecule has 3 heteroatoms. The first-order valence-corrected chi connectivity index (χ1v) is 7.14. The fraction of sp³-hybridized carbons (Fsp3) is 0.294. The van der Waals surface area contributed by atoms with Gasteiger partial charge in [0.25, 0.3) is 0 Å². The van der Waals surface area contributed by atoms with Gasteiger partial charge in [-0.05, 0) is 61.7 Å². The summed E-state index contributed by atoms with van der Waals surface area (Å²) >= 11 is 6.08. The van der Waals surface area contributed by atoms with E-state index < -0.39 is 0 Å². The zero-order chi connectivity index (χ0) is 14.5. The van der Waals surface area contributed by atoms with Crippen LogP contribution in [-0.4, -0.2) is 13.2 Å². The zero-order valence-electron chi connectivity index (χ0n) is 12.2. The summed E-state index contributed by atoms with van der Waals surface area (Å²) in [5.41, 5.74) is 4.64. The molecule has 0 aromatic heterocycles. The van der Waals surface area contributed by atoms with Crippen LogP contribution in [0.1, 0.15) is 16.7 Å². The number of nitrogens with one attached hydrogen (secondary N) is 1. The Kier molecular flexibility index (Phi) is 4.91. The minimum absolute atomic E-state index is 0.619. The van der Waals surface area contributed by atoms with E-state index in [1.54, 1.807) is 0 Å². The molecule has 1 N–H and O–H groups in total. The van der Waals surface area contributed by atoms with Crippen molar-refractivity contribution >= 4 is 17.3 Å². The molecule has 0 aliphatic rings. The number of anilines is 1. The van der Waals surface area contributed by atoms with E-state index in [1.165, 1.54) is 11.1 Å². The van der Waals surface area contributed by atoms with E-state index in [-0.39, 0.29) is 0 Å². The molecular formula is C17H20ClNO. The van der Waals surface area contributed by atoms with Crippen molar-refractivity contribution in [3.05, 3.63) is 58.1 Å². The summed E-state index contributed by atoms with van der Waals surface area (Å²) in [5, 5.41) is 4.08. The Hall–Kier alpha value is -1.67. The van der Waals surface area contributed by atoms with Crippen LogP contribution < -0.4 is 10.1 Å². The van der Waals surface area contributed by atoms with Gasteiger partial charge in [0, 0.05) is 17.3 Å². The molecule has 0 bridgehead atoms. The third kappa shape index (κ3) is 3.91. The molecule has 0 unspecified atom stereocenters. The van der Waals surface area contributed by atoms with Crippen LogP contribution in [0.4, 0.5) is 5.69 Å². The van der Waals surface area contributed by atoms with Gasteiger partial charge in [-0.25, -0.2) is 0 Å². The average molecular weight is 290 g/mol. The summed E-state index contributed by atoms with van der Waals surface area (Å²) in [5.74, 6) is 0.914. The van der Waals surface area contributed by atoms with Crippen molar-refractivity contribution in [3.8, 4) is 5.75 Å². The minimum Gasteiger partial charge on any atom is -0.492 e. The highest BCUT2D eigenvalue weighted by Crippen LogP contribution is 2.20. The van der Waals surface area contributed by atoms with E-state index in [4.69, 9.17) is 16.3 Å². The quantitative estimate of drug-likeness (QED) is 0.802. The Balaban J connectivity index is 1.81. The highest BCUT2D eigenvalue weighted by atomic mass is 35.5. The van der Waals surface area contributed by atoms with Crippen LogP contribution in [0.25, 0.3) is 0 Å². The lowest BCUT2D eigenvalue weighted by Crippen LogP contribution is -2.11. The number of hydrogen-bond donors (Lipinski definition) is 1. The van der Waals surface area contributed by atoms with Gasteiger partial charge < -0.3 is 10.1 Å². The predicted molar refractivity (Wildman–Crippen MR) is 86.1 cm³/mol. The molecule has 0 amide bonds. The highest BCUT2D eigenvalue weighted by Gasteiger charge is 1.99. The summed E-state index contributed by atoms with van der Waals surface area (Å²) < 4.78 is 5.72. The summed E-state index contributed by atoms with van der Waals surface area (Å²) in [6.07, 6.45) is 0. The van der Waals surface area contributed by atoms with E-state index in [9.17, 15) is 0 Å². The lowest BCUT2D eigenvalue weighted by molar-refractivity contribution is 0.332. The Morgan fingerprint density at radius 1 is 0.950 bits per heavy atom. The van der Waals surface area contributed by atoms with Gasteiger partial charge in [0.05, 0.1) is 0 Å². The Morgan fingerprint density at radius 3 is 2.40 bits per heavy atom. The number of aryl methyl sites for hydroxylation is 3. The van der Waals surface area contributed by atoms with Crippen molar-refractivity contribution < 1.29 is 4.74 Å². The van der Waals surface area contributed by atoms with Gasteiger partial charge in [0.2, 0.25) is 0 Å². The SMILES string of the molecule is Cc1ccc(OCCNc2ccc(C)c(Cl)c2)cc1C. The predicted octanol–water partition coefficient (Wildman–Crippen LogP) is 4.76. The lowest BCUT2D eigenvalue weighted by atomic mass is 10.1. The van der Waals surface area contributed by atoms with Crippen molar-refractivity contribution in [1.29, 1.82) is 0 Å². The standard InChI is InChI=1S/C17H20ClNO/c1-12-5-7-16(10-14(12)3)20-9-8-19-15-6-4-13(2)17(18)11-15/h4-7,10-11,19H,8-9H2,1-3H3. The summed E-state index contributed by atoms with van der Waals surface area (Å²) in [6.45, 7) is 7.55. The van der Waals surface area contributed by atoms with E-state index in [0.29, 0.717) is 6.61 Å². The number of rotatable bonds is 5. The average Bonchev–Trinajstić information content (AvgIpc) is 2.42. The molecule has 0 spiro atoms. The maximum absolute atomic E-state index is 6.08. The van der Waals surface area contributed by atoms with E-state index in [1.807, 2.05) is 31.2 Å². The molecular weight excluding hydrogens is 270 g/mol. The van der Waals surface area contributed by atoms with Crippen molar-refractivity contribution in [2.24, 2.45) is 0 Å². The first kappa shape index (κ1) is 14.7. The number of ether oxygens (including phenoxy) is 1. The monoisotopic (exact) mass is 289 g/mol. The topological polar surface area (TPSA) is 21.3 Å². The van der Waals surface area contributed by atoms with E-state index in [2.05, 4.69) is 31.3 Å². The Morgan fingerprint density at radius 2 is 1.70 bits per heavy atom. The summed E-state index contributed by atoms with van der Waals surface area (Å²) in [6, 6.07) is 12.1. The third-order valence-electron chi connectivity index (χ3n) is 3.35. The fourth-order valence-electron chi connectivity index (χ4n) is 1.87. The molecule has 0 aliphatic heterocycles.